The summed E-state index contributed by atoms with van der Waals surface area (Å²) >= 11 is 0. The average Bonchev–Trinajstić information content (AvgIpc) is 2.10. The molecular weight excluding hydrogens is 204 g/mol. The smallest absolute Gasteiger partial charge is 0.468 e. The normalized spacial score (nSPS) is 11.3. The first kappa shape index (κ1) is 12.8. The van der Waals surface area contributed by atoms with E-state index in [1.807, 2.05) is 0 Å². The van der Waals surface area contributed by atoms with Crippen molar-refractivity contribution in [1.82, 2.24) is 0 Å². The van der Waals surface area contributed by atoms with Gasteiger partial charge in [0.25, 0.3) is 0 Å². The van der Waals surface area contributed by atoms with E-state index in [9.17, 15) is 22.5 Å². The topological polar surface area (TPSA) is 52.6 Å². The Labute approximate surface area is 78.4 Å². The highest BCUT2D eigenvalue weighted by Crippen LogP contribution is 2.22. The zero-order valence-electron chi connectivity index (χ0n) is 7.63. The Morgan fingerprint density at radius 1 is 1.14 bits per heavy atom. The molecule has 0 aliphatic carbocycles. The number of hydrogen-bond donors (Lipinski definition) is 0. The van der Waals surface area contributed by atoms with Gasteiger partial charge in [-0.05, 0) is 0 Å². The van der Waals surface area contributed by atoms with E-state index in [1.165, 1.54) is 0 Å². The molecule has 0 amide bonds. The first-order valence-corrected chi connectivity index (χ1v) is 3.68. The fourth-order valence-electron chi connectivity index (χ4n) is 0.840. The van der Waals surface area contributed by atoms with Gasteiger partial charge in [-0.15, -0.1) is 0 Å². The Morgan fingerprint density at radius 2 is 1.50 bits per heavy atom. The highest BCUT2D eigenvalue weighted by Gasteiger charge is 2.37. The highest BCUT2D eigenvalue weighted by molar-refractivity contribution is 6.59. The van der Waals surface area contributed by atoms with Crippen molar-refractivity contribution in [2.45, 2.75) is 6.32 Å². The van der Waals surface area contributed by atoms with Crippen molar-refractivity contribution < 1.29 is 32.0 Å². The quantitative estimate of drug-likeness (QED) is 0.393. The zero-order valence-corrected chi connectivity index (χ0v) is 7.63. The molecule has 8 heteroatoms. The van der Waals surface area contributed by atoms with Crippen LogP contribution in [0.1, 0.15) is 0 Å². The molecule has 0 bridgehead atoms. The third-order valence-electron chi connectivity index (χ3n) is 1.47. The summed E-state index contributed by atoms with van der Waals surface area (Å²) in [6, 6.07) is 0. The molecule has 0 saturated heterocycles. The van der Waals surface area contributed by atoms with Crippen LogP contribution < -0.4 is 0 Å². The molecule has 0 N–H and O–H groups in total. The van der Waals surface area contributed by atoms with Gasteiger partial charge >= 0.3 is 18.9 Å². The molecule has 0 aliphatic heterocycles. The van der Waals surface area contributed by atoms with Gasteiger partial charge in [-0.3, -0.25) is 9.59 Å². The van der Waals surface area contributed by atoms with Crippen molar-refractivity contribution in [3.63, 3.8) is 0 Å². The lowest BCUT2D eigenvalue weighted by atomic mass is 9.78. The van der Waals surface area contributed by atoms with Crippen LogP contribution in [-0.4, -0.2) is 33.1 Å². The predicted octanol–water partition coefficient (Wildman–Crippen LogP) is 0.796. The minimum atomic E-state index is -5.23. The molecule has 0 aliphatic rings. The number of hydrogen-bond acceptors (Lipinski definition) is 4. The van der Waals surface area contributed by atoms with Gasteiger partial charge in [0.1, 0.15) is 5.92 Å². The van der Waals surface area contributed by atoms with E-state index >= 15 is 0 Å². The number of carbonyl (C=O) groups excluding carboxylic acids is 2. The summed E-state index contributed by atoms with van der Waals surface area (Å²) in [4.78, 5) is 21.6. The predicted molar refractivity (Wildman–Crippen MR) is 41.4 cm³/mol. The summed E-state index contributed by atoms with van der Waals surface area (Å²) in [5, 5.41) is 0. The van der Waals surface area contributed by atoms with Crippen LogP contribution in [0.5, 0.6) is 0 Å². The number of esters is 2. The molecule has 0 spiro atoms. The molecule has 0 aromatic heterocycles. The monoisotopic (exact) mass is 213 g/mol. The molecular formula is C6H9BF3O4-. The Balaban J connectivity index is 4.57. The van der Waals surface area contributed by atoms with Gasteiger partial charge in [0.05, 0.1) is 14.2 Å². The van der Waals surface area contributed by atoms with Gasteiger partial charge in [-0.2, -0.15) is 0 Å². The first-order chi connectivity index (χ1) is 6.31. The van der Waals surface area contributed by atoms with Gasteiger partial charge in [0.2, 0.25) is 0 Å². The van der Waals surface area contributed by atoms with E-state index in [-0.39, 0.29) is 0 Å². The van der Waals surface area contributed by atoms with E-state index in [4.69, 9.17) is 0 Å². The third-order valence-corrected chi connectivity index (χ3v) is 1.47. The average molecular weight is 213 g/mol. The largest absolute Gasteiger partial charge is 0.479 e. The van der Waals surface area contributed by atoms with E-state index in [0.29, 0.717) is 0 Å². The van der Waals surface area contributed by atoms with Crippen molar-refractivity contribution in [2.75, 3.05) is 14.2 Å². The minimum Gasteiger partial charge on any atom is -0.468 e. The van der Waals surface area contributed by atoms with Gasteiger partial charge in [-0.25, -0.2) is 0 Å². The molecule has 0 atom stereocenters. The minimum absolute atomic E-state index is 0.904. The zero-order chi connectivity index (χ0) is 11.4. The van der Waals surface area contributed by atoms with E-state index in [1.54, 1.807) is 0 Å². The van der Waals surface area contributed by atoms with E-state index < -0.39 is 31.2 Å². The maximum atomic E-state index is 11.9. The molecule has 14 heavy (non-hydrogen) atoms. The van der Waals surface area contributed by atoms with Crippen molar-refractivity contribution in [3.8, 4) is 0 Å². The van der Waals surface area contributed by atoms with Gasteiger partial charge in [0, 0.05) is 0 Å². The first-order valence-electron chi connectivity index (χ1n) is 3.68. The molecule has 82 valence electrons. The van der Waals surface area contributed by atoms with Crippen LogP contribution in [0, 0.1) is 5.92 Å². The molecule has 0 fully saturated rings. The Bertz CT molecular complexity index is 212. The second-order valence-electron chi connectivity index (χ2n) is 2.54. The van der Waals surface area contributed by atoms with Gasteiger partial charge in [-0.1, -0.05) is 6.32 Å². The lowest BCUT2D eigenvalue weighted by Gasteiger charge is -2.18. The molecule has 0 aromatic carbocycles. The summed E-state index contributed by atoms with van der Waals surface area (Å²) in [6.07, 6.45) is -1.51. The van der Waals surface area contributed by atoms with Gasteiger partial charge < -0.3 is 22.4 Å². The van der Waals surface area contributed by atoms with Crippen molar-refractivity contribution in [1.29, 1.82) is 0 Å². The second-order valence-corrected chi connectivity index (χ2v) is 2.54. The molecule has 4 nitrogen and oxygen atoms in total. The number of rotatable bonds is 4. The molecule has 0 radical (unpaired) electrons. The number of carbonyl (C=O) groups is 2. The maximum Gasteiger partial charge on any atom is 0.479 e. The third kappa shape index (κ3) is 4.15. The van der Waals surface area contributed by atoms with Crippen molar-refractivity contribution in [3.05, 3.63) is 0 Å². The Kier molecular flexibility index (Phi) is 4.45. The highest BCUT2D eigenvalue weighted by atomic mass is 19.4. The van der Waals surface area contributed by atoms with Gasteiger partial charge in [0.15, 0.2) is 0 Å². The molecule has 0 saturated carbocycles. The summed E-state index contributed by atoms with van der Waals surface area (Å²) in [7, 11) is 1.81. The van der Waals surface area contributed by atoms with Crippen molar-refractivity contribution in [2.24, 2.45) is 5.92 Å². The summed E-state index contributed by atoms with van der Waals surface area (Å²) in [5.41, 5.74) is 0. The molecule has 0 rings (SSSR count). The van der Waals surface area contributed by atoms with Crippen molar-refractivity contribution >= 4 is 18.9 Å². The van der Waals surface area contributed by atoms with Crippen LogP contribution in [0.4, 0.5) is 12.9 Å². The second kappa shape index (κ2) is 4.87. The number of halogens is 3. The van der Waals surface area contributed by atoms with E-state index in [2.05, 4.69) is 9.47 Å². The molecule has 0 aromatic rings. The fourth-order valence-corrected chi connectivity index (χ4v) is 0.840. The Morgan fingerprint density at radius 3 is 1.71 bits per heavy atom. The van der Waals surface area contributed by atoms with Crippen LogP contribution in [-0.2, 0) is 19.1 Å². The number of ether oxygens (including phenoxy) is 2. The summed E-state index contributed by atoms with van der Waals surface area (Å²) in [5.74, 6) is -4.39. The Hall–Kier alpha value is -1.21. The number of methoxy groups -OCH3 is 2. The fraction of sp³-hybridized carbons (Fsp3) is 0.667. The standard InChI is InChI=1S/C6H9BF3O4/c1-13-5(11)4(6(12)14-2)3-7(8,9)10/h4H,3H2,1-2H3/q-1. The van der Waals surface area contributed by atoms with Crippen LogP contribution >= 0.6 is 0 Å². The molecule has 0 heterocycles. The van der Waals surface area contributed by atoms with Crippen LogP contribution in [0.25, 0.3) is 0 Å². The lowest BCUT2D eigenvalue weighted by molar-refractivity contribution is -0.158. The molecule has 0 unspecified atom stereocenters. The van der Waals surface area contributed by atoms with Crippen LogP contribution in [0.2, 0.25) is 6.32 Å². The lowest BCUT2D eigenvalue weighted by Crippen LogP contribution is -2.32. The van der Waals surface area contributed by atoms with Crippen LogP contribution in [0.3, 0.4) is 0 Å². The van der Waals surface area contributed by atoms with Crippen LogP contribution in [0.15, 0.2) is 0 Å². The maximum absolute atomic E-state index is 11.9. The SMILES string of the molecule is COC(=O)C(C[B-](F)(F)F)C(=O)OC. The summed E-state index contributed by atoms with van der Waals surface area (Å²) in [6.45, 7) is -5.23. The van der Waals surface area contributed by atoms with E-state index in [0.717, 1.165) is 14.2 Å². The summed E-state index contributed by atoms with van der Waals surface area (Å²) < 4.78 is 43.9.